The molecule has 3 amide bonds. The van der Waals surface area contributed by atoms with Gasteiger partial charge in [-0.05, 0) is 35.9 Å². The van der Waals surface area contributed by atoms with Gasteiger partial charge in [-0.2, -0.15) is 0 Å². The quantitative estimate of drug-likeness (QED) is 0.297. The molecule has 0 unspecified atom stereocenters. The Bertz CT molecular complexity index is 1690. The molecule has 3 heterocycles. The van der Waals surface area contributed by atoms with Gasteiger partial charge in [0.15, 0.2) is 0 Å². The molecule has 3 aromatic carbocycles. The lowest BCUT2D eigenvalue weighted by Gasteiger charge is -2.26. The van der Waals surface area contributed by atoms with Crippen molar-refractivity contribution < 1.29 is 27.5 Å². The van der Waals surface area contributed by atoms with Crippen LogP contribution < -0.4 is 15.0 Å². The number of anilines is 1. The fourth-order valence-electron chi connectivity index (χ4n) is 5.29. The average molecular weight is 596 g/mol. The molecular formula is C30H25ClF3N5O3. The lowest BCUT2D eigenvalue weighted by molar-refractivity contribution is -0.120. The molecule has 1 fully saturated rings. The molecule has 0 saturated carbocycles. The Balaban J connectivity index is 1.15. The molecule has 0 bridgehead atoms. The third-order valence-electron chi connectivity index (χ3n) is 7.50. The van der Waals surface area contributed by atoms with Gasteiger partial charge in [-0.3, -0.25) is 19.9 Å². The lowest BCUT2D eigenvalue weighted by atomic mass is 10.0. The van der Waals surface area contributed by atoms with Gasteiger partial charge in [-0.25, -0.2) is 22.9 Å². The summed E-state index contributed by atoms with van der Waals surface area (Å²) in [5.41, 5.74) is 1.73. The van der Waals surface area contributed by atoms with Crippen LogP contribution in [0.3, 0.4) is 0 Å². The highest BCUT2D eigenvalue weighted by molar-refractivity contribution is 6.31. The molecule has 0 radical (unpaired) electrons. The third-order valence-corrected chi connectivity index (χ3v) is 7.85. The normalized spacial score (nSPS) is 15.2. The maximum Gasteiger partial charge on any atom is 0.329 e. The van der Waals surface area contributed by atoms with Crippen LogP contribution in [-0.4, -0.2) is 32.9 Å². The van der Waals surface area contributed by atoms with Gasteiger partial charge in [0.25, 0.3) is 0 Å². The van der Waals surface area contributed by atoms with Gasteiger partial charge in [0, 0.05) is 56.3 Å². The molecule has 1 aromatic heterocycles. The number of urea groups is 1. The summed E-state index contributed by atoms with van der Waals surface area (Å²) in [6.07, 6.45) is 1.53. The second-order valence-corrected chi connectivity index (χ2v) is 10.6. The molecule has 2 aliphatic heterocycles. The minimum absolute atomic E-state index is 0.00759. The first-order valence-electron chi connectivity index (χ1n) is 13.2. The molecule has 12 heteroatoms. The fraction of sp³-hybridized carbons (Fsp3) is 0.233. The summed E-state index contributed by atoms with van der Waals surface area (Å²) in [7, 11) is 1.61. The van der Waals surface area contributed by atoms with Gasteiger partial charge < -0.3 is 9.30 Å². The molecular weight excluding hydrogens is 571 g/mol. The highest BCUT2D eigenvalue weighted by atomic mass is 35.5. The second kappa shape index (κ2) is 11.1. The third kappa shape index (κ3) is 5.21. The summed E-state index contributed by atoms with van der Waals surface area (Å²) in [6.45, 7) is 1.01. The van der Waals surface area contributed by atoms with E-state index >= 15 is 8.78 Å². The summed E-state index contributed by atoms with van der Waals surface area (Å²) in [5, 5.41) is 2.54. The molecule has 216 valence electrons. The number of rotatable bonds is 7. The van der Waals surface area contributed by atoms with E-state index in [1.54, 1.807) is 25.2 Å². The summed E-state index contributed by atoms with van der Waals surface area (Å²) in [5.74, 6) is -0.850. The van der Waals surface area contributed by atoms with Crippen LogP contribution in [0.15, 0.2) is 54.7 Å². The standard InChI is InChI=1S/C30H25ClF3N5O3/c1-37-27(39-10-9-26(40)36-30(39)41)12-35-29(37)19-11-25(33)20-14-38(15-21(20)28(19)34)13-17-5-7-18(8-6-17)42-16-22-23(31)3-2-4-24(22)32/h2-8,11-12H,9-10,13-16H2,1H3,(H,36,40,41). The number of halogens is 4. The van der Waals surface area contributed by atoms with Crippen molar-refractivity contribution in [2.45, 2.75) is 32.7 Å². The van der Waals surface area contributed by atoms with E-state index in [4.69, 9.17) is 16.3 Å². The number of nitrogens with zero attached hydrogens (tertiary/aromatic N) is 4. The van der Waals surface area contributed by atoms with Crippen LogP contribution in [0, 0.1) is 17.5 Å². The number of benzene rings is 3. The molecule has 42 heavy (non-hydrogen) atoms. The van der Waals surface area contributed by atoms with Crippen molar-refractivity contribution in [1.82, 2.24) is 19.8 Å². The Hall–Kier alpha value is -4.35. The highest BCUT2D eigenvalue weighted by Crippen LogP contribution is 2.36. The maximum absolute atomic E-state index is 15.8. The summed E-state index contributed by atoms with van der Waals surface area (Å²) in [4.78, 5) is 31.3. The Morgan fingerprint density at radius 1 is 1.02 bits per heavy atom. The Kier molecular flexibility index (Phi) is 7.38. The summed E-state index contributed by atoms with van der Waals surface area (Å²) in [6, 6.07) is 12.2. The zero-order valence-electron chi connectivity index (χ0n) is 22.5. The first kappa shape index (κ1) is 27.8. The number of carbonyl (C=O) groups excluding carboxylic acids is 2. The Labute approximate surface area is 244 Å². The smallest absolute Gasteiger partial charge is 0.329 e. The predicted octanol–water partition coefficient (Wildman–Crippen LogP) is 5.70. The van der Waals surface area contributed by atoms with Crippen LogP contribution in [0.1, 0.15) is 28.7 Å². The van der Waals surface area contributed by atoms with E-state index in [0.717, 1.165) is 11.6 Å². The van der Waals surface area contributed by atoms with E-state index < -0.39 is 23.5 Å². The Morgan fingerprint density at radius 2 is 1.79 bits per heavy atom. The van der Waals surface area contributed by atoms with Gasteiger partial charge in [0.1, 0.15) is 41.5 Å². The van der Waals surface area contributed by atoms with Crippen LogP contribution in [-0.2, 0) is 38.1 Å². The number of hydrogen-bond donors (Lipinski definition) is 1. The number of fused-ring (bicyclic) bond motifs is 1. The highest BCUT2D eigenvalue weighted by Gasteiger charge is 2.31. The van der Waals surface area contributed by atoms with Crippen molar-refractivity contribution in [3.63, 3.8) is 0 Å². The van der Waals surface area contributed by atoms with Gasteiger partial charge in [0.05, 0.1) is 16.8 Å². The van der Waals surface area contributed by atoms with E-state index in [1.807, 2.05) is 17.0 Å². The first-order chi connectivity index (χ1) is 20.2. The van der Waals surface area contributed by atoms with E-state index in [9.17, 15) is 14.0 Å². The maximum atomic E-state index is 15.8. The number of imide groups is 1. The van der Waals surface area contributed by atoms with Gasteiger partial charge in [-0.15, -0.1) is 0 Å². The van der Waals surface area contributed by atoms with Crippen LogP contribution in [0.25, 0.3) is 11.4 Å². The van der Waals surface area contributed by atoms with Crippen molar-refractivity contribution in [2.24, 2.45) is 7.05 Å². The summed E-state index contributed by atoms with van der Waals surface area (Å²) >= 11 is 6.06. The van der Waals surface area contributed by atoms with Gasteiger partial charge >= 0.3 is 6.03 Å². The van der Waals surface area contributed by atoms with Crippen molar-refractivity contribution in [1.29, 1.82) is 0 Å². The minimum Gasteiger partial charge on any atom is -0.489 e. The zero-order valence-corrected chi connectivity index (χ0v) is 23.2. The van der Waals surface area contributed by atoms with E-state index in [-0.39, 0.29) is 61.1 Å². The minimum atomic E-state index is -0.592. The molecule has 4 aromatic rings. The zero-order chi connectivity index (χ0) is 29.5. The molecule has 1 N–H and O–H groups in total. The second-order valence-electron chi connectivity index (χ2n) is 10.2. The Morgan fingerprint density at radius 3 is 2.52 bits per heavy atom. The number of hydrogen-bond acceptors (Lipinski definition) is 5. The van der Waals surface area contributed by atoms with Crippen molar-refractivity contribution in [3.05, 3.63) is 99.5 Å². The molecule has 0 spiro atoms. The topological polar surface area (TPSA) is 79.7 Å². The number of ether oxygens (including phenoxy) is 1. The predicted molar refractivity (Wildman–Crippen MR) is 149 cm³/mol. The molecule has 2 aliphatic rings. The fourth-order valence-corrected chi connectivity index (χ4v) is 5.51. The van der Waals surface area contributed by atoms with Crippen LogP contribution in [0.2, 0.25) is 5.02 Å². The van der Waals surface area contributed by atoms with Gasteiger partial charge in [-0.1, -0.05) is 29.8 Å². The molecule has 0 atom stereocenters. The van der Waals surface area contributed by atoms with Crippen molar-refractivity contribution in [3.8, 4) is 17.1 Å². The average Bonchev–Trinajstić information content (AvgIpc) is 3.55. The number of nitrogens with one attached hydrogen (secondary N) is 1. The molecule has 8 nitrogen and oxygen atoms in total. The largest absolute Gasteiger partial charge is 0.489 e. The van der Waals surface area contributed by atoms with Crippen LogP contribution in [0.5, 0.6) is 5.75 Å². The number of amides is 3. The van der Waals surface area contributed by atoms with Crippen molar-refractivity contribution in [2.75, 3.05) is 11.4 Å². The van der Waals surface area contributed by atoms with Gasteiger partial charge in [0.2, 0.25) is 5.91 Å². The number of imidazole rings is 1. The van der Waals surface area contributed by atoms with Crippen molar-refractivity contribution >= 4 is 29.4 Å². The van der Waals surface area contributed by atoms with Crippen LogP contribution >= 0.6 is 11.6 Å². The summed E-state index contributed by atoms with van der Waals surface area (Å²) < 4.78 is 52.3. The molecule has 1 saturated heterocycles. The number of carbonyl (C=O) groups is 2. The molecule has 6 rings (SSSR count). The van der Waals surface area contributed by atoms with E-state index in [1.165, 1.54) is 27.8 Å². The monoisotopic (exact) mass is 595 g/mol. The SMILES string of the molecule is Cn1c(N2CCC(=O)NC2=O)cnc1-c1cc(F)c2c(c1F)CN(Cc1ccc(OCc3c(F)cccc3Cl)cc1)C2. The van der Waals surface area contributed by atoms with E-state index in [2.05, 4.69) is 10.3 Å². The first-order valence-corrected chi connectivity index (χ1v) is 13.6. The number of aromatic nitrogens is 2. The lowest BCUT2D eigenvalue weighted by Crippen LogP contribution is -2.50. The molecule has 0 aliphatic carbocycles. The van der Waals surface area contributed by atoms with E-state index in [0.29, 0.717) is 28.7 Å². The van der Waals surface area contributed by atoms with Crippen LogP contribution in [0.4, 0.5) is 23.8 Å².